The van der Waals surface area contributed by atoms with E-state index >= 15 is 0 Å². The van der Waals surface area contributed by atoms with Crippen molar-refractivity contribution in [3.63, 3.8) is 0 Å². The highest BCUT2D eigenvalue weighted by molar-refractivity contribution is 7.89. The lowest BCUT2D eigenvalue weighted by molar-refractivity contribution is -0.384. The lowest BCUT2D eigenvalue weighted by atomic mass is 9.88. The number of nitro benzene ring substituents is 1. The molecular weight excluding hydrogens is 418 g/mol. The highest BCUT2D eigenvalue weighted by Crippen LogP contribution is 2.37. The van der Waals surface area contributed by atoms with Crippen LogP contribution in [0.1, 0.15) is 49.8 Å². The number of nitrogens with zero attached hydrogens (tertiary/aromatic N) is 1. The second-order valence-corrected chi connectivity index (χ2v) is 10.3. The van der Waals surface area contributed by atoms with Gasteiger partial charge in [-0.15, -0.1) is 0 Å². The Labute approximate surface area is 181 Å². The number of aliphatic hydroxyl groups excluding tert-OH is 1. The molecule has 0 aliphatic heterocycles. The Morgan fingerprint density at radius 2 is 1.81 bits per heavy atom. The van der Waals surface area contributed by atoms with E-state index in [-0.39, 0.29) is 22.3 Å². The van der Waals surface area contributed by atoms with Gasteiger partial charge < -0.3 is 10.4 Å². The SMILES string of the molecule is CC1CCC(NS(=O)(=O)c2ccc(N[C@@H]3c4ccccc4C[C@@H]3O)c([N+](=O)[O-])c2)CC1. The molecule has 166 valence electrons. The van der Waals surface area contributed by atoms with Crippen LogP contribution in [0, 0.1) is 16.0 Å². The van der Waals surface area contributed by atoms with Crippen LogP contribution in [0.25, 0.3) is 0 Å². The van der Waals surface area contributed by atoms with E-state index in [9.17, 15) is 23.6 Å². The molecular formula is C22H27N3O5S. The molecule has 2 atom stereocenters. The standard InChI is InChI=1S/C22H27N3O5S/c1-14-6-8-16(9-7-14)24-31(29,30)17-10-11-19(20(13-17)25(27)28)23-22-18-5-3-2-4-15(18)12-21(22)26/h2-5,10-11,13-14,16,21-24,26H,6-9,12H2,1H3/t14?,16?,21-,22+/m0/s1. The molecule has 2 aromatic rings. The Morgan fingerprint density at radius 1 is 1.10 bits per heavy atom. The Morgan fingerprint density at radius 3 is 2.52 bits per heavy atom. The third-order valence-electron chi connectivity index (χ3n) is 6.33. The lowest BCUT2D eigenvalue weighted by Crippen LogP contribution is -2.37. The minimum absolute atomic E-state index is 0.129. The van der Waals surface area contributed by atoms with Gasteiger partial charge in [0.25, 0.3) is 5.69 Å². The van der Waals surface area contributed by atoms with Crippen LogP contribution in [0.3, 0.4) is 0 Å². The minimum atomic E-state index is -3.87. The molecule has 9 heteroatoms. The fourth-order valence-electron chi connectivity index (χ4n) is 4.53. The molecule has 0 aromatic heterocycles. The third kappa shape index (κ3) is 4.58. The molecule has 0 saturated heterocycles. The Kier molecular flexibility index (Phi) is 6.00. The molecule has 0 spiro atoms. The van der Waals surface area contributed by atoms with E-state index in [0.29, 0.717) is 12.3 Å². The number of sulfonamides is 1. The van der Waals surface area contributed by atoms with Gasteiger partial charge in [-0.3, -0.25) is 10.1 Å². The second-order valence-electron chi connectivity index (χ2n) is 8.61. The van der Waals surface area contributed by atoms with Gasteiger partial charge >= 0.3 is 0 Å². The molecule has 31 heavy (non-hydrogen) atoms. The van der Waals surface area contributed by atoms with Crippen molar-refractivity contribution in [2.24, 2.45) is 5.92 Å². The van der Waals surface area contributed by atoms with Crippen LogP contribution in [0.5, 0.6) is 0 Å². The van der Waals surface area contributed by atoms with Gasteiger partial charge in [-0.05, 0) is 54.9 Å². The third-order valence-corrected chi connectivity index (χ3v) is 7.85. The maximum atomic E-state index is 12.8. The van der Waals surface area contributed by atoms with Gasteiger partial charge in [0.1, 0.15) is 5.69 Å². The molecule has 1 saturated carbocycles. The lowest BCUT2D eigenvalue weighted by Gasteiger charge is -2.26. The predicted molar refractivity (Wildman–Crippen MR) is 117 cm³/mol. The fourth-order valence-corrected chi connectivity index (χ4v) is 5.86. The molecule has 4 rings (SSSR count). The number of nitrogens with one attached hydrogen (secondary N) is 2. The first-order valence-electron chi connectivity index (χ1n) is 10.6. The van der Waals surface area contributed by atoms with Gasteiger partial charge in [-0.1, -0.05) is 31.2 Å². The van der Waals surface area contributed by atoms with Crippen LogP contribution in [0.2, 0.25) is 0 Å². The van der Waals surface area contributed by atoms with Crippen LogP contribution < -0.4 is 10.0 Å². The molecule has 0 heterocycles. The zero-order valence-electron chi connectivity index (χ0n) is 17.3. The van der Waals surface area contributed by atoms with Crippen molar-refractivity contribution < 1.29 is 18.4 Å². The smallest absolute Gasteiger partial charge is 0.293 e. The number of aliphatic hydroxyl groups is 1. The van der Waals surface area contributed by atoms with E-state index in [4.69, 9.17) is 0 Å². The summed E-state index contributed by atoms with van der Waals surface area (Å²) >= 11 is 0. The van der Waals surface area contributed by atoms with Crippen LogP contribution >= 0.6 is 0 Å². The Balaban J connectivity index is 1.58. The van der Waals surface area contributed by atoms with Gasteiger partial charge in [0.15, 0.2) is 0 Å². The zero-order chi connectivity index (χ0) is 22.2. The first-order chi connectivity index (χ1) is 14.7. The number of anilines is 1. The van der Waals surface area contributed by atoms with Crippen LogP contribution in [0.15, 0.2) is 47.4 Å². The molecule has 8 nitrogen and oxygen atoms in total. The Hall–Kier alpha value is -2.49. The van der Waals surface area contributed by atoms with Gasteiger partial charge in [0, 0.05) is 18.5 Å². The molecule has 2 aliphatic carbocycles. The van der Waals surface area contributed by atoms with Gasteiger partial charge in [-0.2, -0.15) is 0 Å². The first-order valence-corrected chi connectivity index (χ1v) is 12.1. The quantitative estimate of drug-likeness (QED) is 0.462. The summed E-state index contributed by atoms with van der Waals surface area (Å²) in [4.78, 5) is 11.0. The van der Waals surface area contributed by atoms with Crippen molar-refractivity contribution in [1.82, 2.24) is 4.72 Å². The molecule has 1 fully saturated rings. The summed E-state index contributed by atoms with van der Waals surface area (Å²) in [6.07, 6.45) is 3.18. The minimum Gasteiger partial charge on any atom is -0.390 e. The highest BCUT2D eigenvalue weighted by atomic mass is 32.2. The van der Waals surface area contributed by atoms with Crippen molar-refractivity contribution in [2.45, 2.75) is 62.1 Å². The topological polar surface area (TPSA) is 122 Å². The number of fused-ring (bicyclic) bond motifs is 1. The van der Waals surface area contributed by atoms with E-state index < -0.39 is 27.1 Å². The van der Waals surface area contributed by atoms with E-state index in [2.05, 4.69) is 17.0 Å². The normalized spacial score (nSPS) is 25.7. The number of nitro groups is 1. The zero-order valence-corrected chi connectivity index (χ0v) is 18.1. The van der Waals surface area contributed by atoms with E-state index in [1.54, 1.807) is 0 Å². The molecule has 0 radical (unpaired) electrons. The average Bonchev–Trinajstić information content (AvgIpc) is 3.05. The van der Waals surface area contributed by atoms with Crippen molar-refractivity contribution >= 4 is 21.4 Å². The van der Waals surface area contributed by atoms with Crippen molar-refractivity contribution in [1.29, 1.82) is 0 Å². The summed E-state index contributed by atoms with van der Waals surface area (Å²) < 4.78 is 28.4. The predicted octanol–water partition coefficient (Wildman–Crippen LogP) is 3.52. The van der Waals surface area contributed by atoms with Crippen molar-refractivity contribution in [2.75, 3.05) is 5.32 Å². The molecule has 0 amide bonds. The monoisotopic (exact) mass is 445 g/mol. The molecule has 2 aliphatic rings. The van der Waals surface area contributed by atoms with Gasteiger partial charge in [0.05, 0.1) is 22.0 Å². The van der Waals surface area contributed by atoms with Crippen LogP contribution in [-0.2, 0) is 16.4 Å². The summed E-state index contributed by atoms with van der Waals surface area (Å²) in [6.45, 7) is 2.15. The van der Waals surface area contributed by atoms with E-state index in [0.717, 1.165) is 42.9 Å². The number of hydrogen-bond donors (Lipinski definition) is 3. The number of rotatable bonds is 6. The summed E-state index contributed by atoms with van der Waals surface area (Å²) in [6, 6.07) is 10.7. The average molecular weight is 446 g/mol. The fraction of sp³-hybridized carbons (Fsp3) is 0.455. The number of hydrogen-bond acceptors (Lipinski definition) is 6. The first kappa shape index (κ1) is 21.7. The molecule has 0 bridgehead atoms. The van der Waals surface area contributed by atoms with E-state index in [1.165, 1.54) is 12.1 Å². The van der Waals surface area contributed by atoms with Gasteiger partial charge in [-0.25, -0.2) is 13.1 Å². The molecule has 3 N–H and O–H groups in total. The van der Waals surface area contributed by atoms with Crippen LogP contribution in [0.4, 0.5) is 11.4 Å². The summed E-state index contributed by atoms with van der Waals surface area (Å²) in [5.74, 6) is 0.586. The highest BCUT2D eigenvalue weighted by Gasteiger charge is 2.33. The summed E-state index contributed by atoms with van der Waals surface area (Å²) in [5.41, 5.74) is 1.71. The molecule has 0 unspecified atom stereocenters. The van der Waals surface area contributed by atoms with Gasteiger partial charge in [0.2, 0.25) is 10.0 Å². The van der Waals surface area contributed by atoms with Crippen LogP contribution in [-0.4, -0.2) is 30.6 Å². The summed E-state index contributed by atoms with van der Waals surface area (Å²) in [7, 11) is -3.87. The molecule has 2 aromatic carbocycles. The number of benzene rings is 2. The second kappa shape index (κ2) is 8.57. The van der Waals surface area contributed by atoms with E-state index in [1.807, 2.05) is 24.3 Å². The summed E-state index contributed by atoms with van der Waals surface area (Å²) in [5, 5.41) is 25.2. The largest absolute Gasteiger partial charge is 0.390 e. The van der Waals surface area contributed by atoms with Crippen molar-refractivity contribution in [3.8, 4) is 0 Å². The van der Waals surface area contributed by atoms with Crippen molar-refractivity contribution in [3.05, 3.63) is 63.7 Å². The maximum Gasteiger partial charge on any atom is 0.293 e. The Bertz CT molecular complexity index is 1080. The maximum absolute atomic E-state index is 12.8.